The van der Waals surface area contributed by atoms with E-state index in [4.69, 9.17) is 0 Å². The van der Waals surface area contributed by atoms with Crippen molar-refractivity contribution >= 4 is 10.0 Å². The third-order valence-corrected chi connectivity index (χ3v) is 4.50. The third kappa shape index (κ3) is 3.44. The fourth-order valence-electron chi connectivity index (χ4n) is 1.81. The molecular formula is C13H17N3O3S. The summed E-state index contributed by atoms with van der Waals surface area (Å²) in [5, 5.41) is 9.18. The molecule has 1 heterocycles. The minimum atomic E-state index is -3.56. The molecule has 108 valence electrons. The highest BCUT2D eigenvalue weighted by Gasteiger charge is 2.14. The van der Waals surface area contributed by atoms with Crippen molar-refractivity contribution in [1.29, 1.82) is 0 Å². The van der Waals surface area contributed by atoms with Crippen LogP contribution < -0.4 is 4.72 Å². The molecule has 0 atom stereocenters. The van der Waals surface area contributed by atoms with Gasteiger partial charge in [-0.2, -0.15) is 0 Å². The van der Waals surface area contributed by atoms with Gasteiger partial charge in [-0.1, -0.05) is 6.07 Å². The molecule has 0 aliphatic carbocycles. The van der Waals surface area contributed by atoms with Crippen LogP contribution in [-0.4, -0.2) is 30.0 Å². The van der Waals surface area contributed by atoms with Crippen molar-refractivity contribution in [1.82, 2.24) is 14.7 Å². The molecule has 0 spiro atoms. The van der Waals surface area contributed by atoms with Gasteiger partial charge in [0, 0.05) is 24.9 Å². The number of imidazole rings is 1. The van der Waals surface area contributed by atoms with Crippen molar-refractivity contribution < 1.29 is 13.5 Å². The molecule has 0 aliphatic heterocycles. The van der Waals surface area contributed by atoms with Gasteiger partial charge in [0.25, 0.3) is 0 Å². The van der Waals surface area contributed by atoms with Crippen LogP contribution >= 0.6 is 0 Å². The van der Waals surface area contributed by atoms with Crippen LogP contribution in [0.3, 0.4) is 0 Å². The summed E-state index contributed by atoms with van der Waals surface area (Å²) in [6.45, 7) is 1.93. The second kappa shape index (κ2) is 6.17. The lowest BCUT2D eigenvalue weighted by molar-refractivity contribution is 0.280. The number of hydrogen-bond acceptors (Lipinski definition) is 4. The van der Waals surface area contributed by atoms with E-state index in [0.717, 1.165) is 11.3 Å². The van der Waals surface area contributed by atoms with Crippen molar-refractivity contribution in [2.24, 2.45) is 0 Å². The molecule has 0 radical (unpaired) electrons. The number of aromatic amines is 1. The second-order valence-electron chi connectivity index (χ2n) is 4.47. The summed E-state index contributed by atoms with van der Waals surface area (Å²) in [4.78, 5) is 6.94. The van der Waals surface area contributed by atoms with Gasteiger partial charge >= 0.3 is 0 Å². The quantitative estimate of drug-likeness (QED) is 0.732. The predicted molar refractivity (Wildman–Crippen MR) is 74.6 cm³/mol. The van der Waals surface area contributed by atoms with Gasteiger partial charge in [-0.05, 0) is 30.2 Å². The minimum absolute atomic E-state index is 0.164. The van der Waals surface area contributed by atoms with E-state index >= 15 is 0 Å². The zero-order chi connectivity index (χ0) is 14.6. The van der Waals surface area contributed by atoms with E-state index in [2.05, 4.69) is 14.7 Å². The van der Waals surface area contributed by atoms with Crippen LogP contribution in [0.1, 0.15) is 16.8 Å². The lowest BCUT2D eigenvalue weighted by atomic mass is 10.1. The number of aromatic nitrogens is 2. The highest BCUT2D eigenvalue weighted by Crippen LogP contribution is 2.15. The number of H-pyrrole nitrogens is 1. The van der Waals surface area contributed by atoms with Crippen LogP contribution in [0.2, 0.25) is 0 Å². The maximum absolute atomic E-state index is 12.1. The Hall–Kier alpha value is -1.70. The summed E-state index contributed by atoms with van der Waals surface area (Å²) in [5.74, 6) is 0. The highest BCUT2D eigenvalue weighted by molar-refractivity contribution is 7.89. The first-order valence-corrected chi connectivity index (χ1v) is 7.68. The normalized spacial score (nSPS) is 11.7. The monoisotopic (exact) mass is 295 g/mol. The number of rotatable bonds is 6. The average Bonchev–Trinajstić information content (AvgIpc) is 2.92. The minimum Gasteiger partial charge on any atom is -0.392 e. The Bertz CT molecular complexity index is 666. The van der Waals surface area contributed by atoms with E-state index < -0.39 is 10.0 Å². The molecule has 0 amide bonds. The van der Waals surface area contributed by atoms with E-state index in [1.54, 1.807) is 18.6 Å². The van der Waals surface area contributed by atoms with E-state index in [9.17, 15) is 13.5 Å². The smallest absolute Gasteiger partial charge is 0.240 e. The first-order chi connectivity index (χ1) is 9.53. The van der Waals surface area contributed by atoms with E-state index in [0.29, 0.717) is 12.0 Å². The Labute approximate surface area is 117 Å². The van der Waals surface area contributed by atoms with Gasteiger partial charge in [0.15, 0.2) is 0 Å². The molecule has 0 fully saturated rings. The lowest BCUT2D eigenvalue weighted by Gasteiger charge is -2.09. The number of hydrogen-bond donors (Lipinski definition) is 3. The summed E-state index contributed by atoms with van der Waals surface area (Å²) < 4.78 is 26.8. The number of benzene rings is 1. The van der Waals surface area contributed by atoms with Gasteiger partial charge in [-0.25, -0.2) is 18.1 Å². The first kappa shape index (κ1) is 14.7. The molecule has 0 saturated heterocycles. The fourth-order valence-corrected chi connectivity index (χ4v) is 2.89. The molecule has 0 aliphatic rings. The zero-order valence-corrected chi connectivity index (χ0v) is 11.9. The summed E-state index contributed by atoms with van der Waals surface area (Å²) >= 11 is 0. The van der Waals surface area contributed by atoms with Crippen molar-refractivity contribution in [2.75, 3.05) is 6.54 Å². The van der Waals surface area contributed by atoms with Gasteiger partial charge < -0.3 is 10.1 Å². The Kier molecular flexibility index (Phi) is 4.53. The van der Waals surface area contributed by atoms with Crippen molar-refractivity contribution in [3.8, 4) is 0 Å². The molecule has 3 N–H and O–H groups in total. The van der Waals surface area contributed by atoms with Crippen LogP contribution in [0.4, 0.5) is 0 Å². The number of aliphatic hydroxyl groups is 1. The molecule has 0 unspecified atom stereocenters. The third-order valence-electron chi connectivity index (χ3n) is 3.04. The second-order valence-corrected chi connectivity index (χ2v) is 6.24. The summed E-state index contributed by atoms with van der Waals surface area (Å²) in [5.41, 5.74) is 2.35. The summed E-state index contributed by atoms with van der Waals surface area (Å²) in [6.07, 6.45) is 3.75. The van der Waals surface area contributed by atoms with Crippen molar-refractivity contribution in [3.05, 3.63) is 47.5 Å². The van der Waals surface area contributed by atoms with Gasteiger partial charge in [0.1, 0.15) is 0 Å². The number of aryl methyl sites for hydroxylation is 1. The van der Waals surface area contributed by atoms with Crippen LogP contribution in [0.25, 0.3) is 0 Å². The molecule has 2 rings (SSSR count). The van der Waals surface area contributed by atoms with Crippen LogP contribution in [0, 0.1) is 6.92 Å². The van der Waals surface area contributed by atoms with Crippen LogP contribution in [-0.2, 0) is 23.1 Å². The van der Waals surface area contributed by atoms with Crippen LogP contribution in [0.15, 0.2) is 35.6 Å². The fraction of sp³-hybridized carbons (Fsp3) is 0.308. The van der Waals surface area contributed by atoms with E-state index in [1.807, 2.05) is 6.92 Å². The Balaban J connectivity index is 2.06. The van der Waals surface area contributed by atoms with Crippen molar-refractivity contribution in [3.63, 3.8) is 0 Å². The van der Waals surface area contributed by atoms with E-state index in [1.165, 1.54) is 12.1 Å². The Morgan fingerprint density at radius 2 is 2.20 bits per heavy atom. The zero-order valence-electron chi connectivity index (χ0n) is 11.1. The average molecular weight is 295 g/mol. The topological polar surface area (TPSA) is 95.1 Å². The Morgan fingerprint density at radius 1 is 1.40 bits per heavy atom. The molecule has 0 saturated carbocycles. The number of nitrogens with one attached hydrogen (secondary N) is 2. The number of aliphatic hydroxyl groups excluding tert-OH is 1. The molecular weight excluding hydrogens is 278 g/mol. The first-order valence-electron chi connectivity index (χ1n) is 6.20. The highest BCUT2D eigenvalue weighted by atomic mass is 32.2. The van der Waals surface area contributed by atoms with Gasteiger partial charge in [-0.15, -0.1) is 0 Å². The van der Waals surface area contributed by atoms with Crippen molar-refractivity contribution in [2.45, 2.75) is 24.8 Å². The maximum Gasteiger partial charge on any atom is 0.240 e. The van der Waals surface area contributed by atoms with E-state index in [-0.39, 0.29) is 18.0 Å². The molecule has 1 aromatic carbocycles. The number of sulfonamides is 1. The molecule has 7 heteroatoms. The van der Waals surface area contributed by atoms with Crippen LogP contribution in [0.5, 0.6) is 0 Å². The Morgan fingerprint density at radius 3 is 2.85 bits per heavy atom. The molecule has 0 bridgehead atoms. The lowest BCUT2D eigenvalue weighted by Crippen LogP contribution is -2.26. The predicted octanol–water partition coefficient (Wildman–Crippen LogP) is 0.731. The summed E-state index contributed by atoms with van der Waals surface area (Å²) in [7, 11) is -3.56. The standard InChI is InChI=1S/C13H17N3O3S/c1-10-2-3-13(6-11(10)8-17)20(18,19)16-5-4-12-7-14-9-15-12/h2-3,6-7,9,16-17H,4-5,8H2,1H3,(H,14,15). The van der Waals surface area contributed by atoms with Gasteiger partial charge in [-0.3, -0.25) is 0 Å². The molecule has 2 aromatic rings. The molecule has 20 heavy (non-hydrogen) atoms. The molecule has 6 nitrogen and oxygen atoms in total. The maximum atomic E-state index is 12.1. The molecule has 1 aromatic heterocycles. The van der Waals surface area contributed by atoms with Gasteiger partial charge in [0.05, 0.1) is 17.8 Å². The SMILES string of the molecule is Cc1ccc(S(=O)(=O)NCCc2cnc[nH]2)cc1CO. The largest absolute Gasteiger partial charge is 0.392 e. The van der Waals surface area contributed by atoms with Gasteiger partial charge in [0.2, 0.25) is 10.0 Å². The summed E-state index contributed by atoms with van der Waals surface area (Å²) in [6, 6.07) is 4.72. The number of nitrogens with zero attached hydrogens (tertiary/aromatic N) is 1.